The van der Waals surface area contributed by atoms with E-state index in [1.807, 2.05) is 30.3 Å². The molecule has 4 nitrogen and oxygen atoms in total. The van der Waals surface area contributed by atoms with Gasteiger partial charge in [-0.05, 0) is 42.0 Å². The summed E-state index contributed by atoms with van der Waals surface area (Å²) in [5, 5.41) is 2.13. The third-order valence-corrected chi connectivity index (χ3v) is 5.44. The summed E-state index contributed by atoms with van der Waals surface area (Å²) in [7, 11) is 1.30. The lowest BCUT2D eigenvalue weighted by Gasteiger charge is -2.38. The lowest BCUT2D eigenvalue weighted by Crippen LogP contribution is -2.49. The molecule has 0 aliphatic heterocycles. The zero-order valence-electron chi connectivity index (χ0n) is 14.8. The summed E-state index contributed by atoms with van der Waals surface area (Å²) in [5.74, 6) is -1.19. The maximum absolute atomic E-state index is 13.4. The Morgan fingerprint density at radius 3 is 2.60 bits per heavy atom. The number of benzene rings is 2. The monoisotopic (exact) mass is 338 g/mol. The number of ketones is 2. The fourth-order valence-corrected chi connectivity index (χ4v) is 4.15. The second kappa shape index (κ2) is 6.43. The lowest BCUT2D eigenvalue weighted by atomic mass is 9.62. The van der Waals surface area contributed by atoms with E-state index in [1.165, 1.54) is 14.0 Å². The van der Waals surface area contributed by atoms with Crippen LogP contribution < -0.4 is 0 Å². The van der Waals surface area contributed by atoms with Crippen LogP contribution in [0, 0.1) is 11.3 Å². The summed E-state index contributed by atoms with van der Waals surface area (Å²) in [4.78, 5) is 37.6. The van der Waals surface area contributed by atoms with Gasteiger partial charge in [0.25, 0.3) is 0 Å². The van der Waals surface area contributed by atoms with Gasteiger partial charge in [0.2, 0.25) is 0 Å². The van der Waals surface area contributed by atoms with Gasteiger partial charge in [-0.3, -0.25) is 9.59 Å². The van der Waals surface area contributed by atoms with Gasteiger partial charge in [0.1, 0.15) is 11.2 Å². The predicted molar refractivity (Wildman–Crippen MR) is 95.5 cm³/mol. The number of esters is 1. The molecule has 2 atom stereocenters. The summed E-state index contributed by atoms with van der Waals surface area (Å²) in [6.07, 6.45) is 1.16. The molecule has 25 heavy (non-hydrogen) atoms. The van der Waals surface area contributed by atoms with Crippen LogP contribution in [0.5, 0.6) is 0 Å². The third kappa shape index (κ3) is 2.66. The summed E-state index contributed by atoms with van der Waals surface area (Å²) in [6.45, 7) is 3.28. The smallest absolute Gasteiger partial charge is 0.320 e. The largest absolute Gasteiger partial charge is 0.468 e. The van der Waals surface area contributed by atoms with Crippen LogP contribution >= 0.6 is 0 Å². The molecule has 130 valence electrons. The van der Waals surface area contributed by atoms with E-state index in [0.717, 1.165) is 16.3 Å². The Balaban J connectivity index is 2.15. The van der Waals surface area contributed by atoms with E-state index in [4.69, 9.17) is 4.74 Å². The maximum atomic E-state index is 13.4. The number of hydrogen-bond acceptors (Lipinski definition) is 4. The first-order valence-electron chi connectivity index (χ1n) is 8.55. The molecule has 0 spiro atoms. The average molecular weight is 338 g/mol. The first-order chi connectivity index (χ1) is 11.9. The molecule has 0 radical (unpaired) electrons. The van der Waals surface area contributed by atoms with E-state index in [0.29, 0.717) is 18.4 Å². The molecule has 0 fully saturated rings. The molecule has 0 aromatic heterocycles. The van der Waals surface area contributed by atoms with Crippen LogP contribution in [0.3, 0.4) is 0 Å². The molecule has 0 bridgehead atoms. The summed E-state index contributed by atoms with van der Waals surface area (Å²) >= 11 is 0. The van der Waals surface area contributed by atoms with Crippen molar-refractivity contribution in [2.24, 2.45) is 11.3 Å². The topological polar surface area (TPSA) is 60.4 Å². The van der Waals surface area contributed by atoms with Gasteiger partial charge in [-0.25, -0.2) is 0 Å². The van der Waals surface area contributed by atoms with Crippen molar-refractivity contribution in [2.75, 3.05) is 7.11 Å². The number of Topliss-reactive ketones (excluding diaryl/α,β-unsaturated/α-hetero) is 2. The van der Waals surface area contributed by atoms with Gasteiger partial charge >= 0.3 is 5.97 Å². The van der Waals surface area contributed by atoms with Crippen LogP contribution in [-0.4, -0.2) is 24.6 Å². The zero-order valence-corrected chi connectivity index (χ0v) is 14.8. The van der Waals surface area contributed by atoms with Gasteiger partial charge in [0, 0.05) is 12.0 Å². The van der Waals surface area contributed by atoms with Crippen molar-refractivity contribution in [1.29, 1.82) is 0 Å². The Kier molecular flexibility index (Phi) is 4.46. The van der Waals surface area contributed by atoms with E-state index >= 15 is 0 Å². The first kappa shape index (κ1) is 17.3. The van der Waals surface area contributed by atoms with Gasteiger partial charge in [0.15, 0.2) is 5.78 Å². The van der Waals surface area contributed by atoms with E-state index < -0.39 is 17.3 Å². The summed E-state index contributed by atoms with van der Waals surface area (Å²) in [6, 6.07) is 11.7. The Bertz CT molecular complexity index is 867. The molecule has 0 amide bonds. The Morgan fingerprint density at radius 2 is 1.92 bits per heavy atom. The van der Waals surface area contributed by atoms with Crippen molar-refractivity contribution in [3.8, 4) is 0 Å². The number of ether oxygens (including phenoxy) is 1. The molecule has 1 aliphatic rings. The van der Waals surface area contributed by atoms with E-state index in [2.05, 4.69) is 0 Å². The number of rotatable bonds is 4. The molecule has 2 aromatic rings. The summed E-state index contributed by atoms with van der Waals surface area (Å²) < 4.78 is 5.00. The maximum Gasteiger partial charge on any atom is 0.320 e. The minimum atomic E-state index is -1.28. The highest BCUT2D eigenvalue weighted by molar-refractivity contribution is 6.16. The van der Waals surface area contributed by atoms with Crippen LogP contribution in [0.15, 0.2) is 36.4 Å². The molecule has 0 saturated carbocycles. The van der Waals surface area contributed by atoms with E-state index in [1.54, 1.807) is 13.0 Å². The molecular weight excluding hydrogens is 316 g/mol. The van der Waals surface area contributed by atoms with Crippen LogP contribution in [0.2, 0.25) is 0 Å². The predicted octanol–water partition coefficient (Wildman–Crippen LogP) is 3.74. The molecule has 0 saturated heterocycles. The van der Waals surface area contributed by atoms with Crippen molar-refractivity contribution in [3.05, 3.63) is 47.5 Å². The van der Waals surface area contributed by atoms with Crippen LogP contribution in [0.1, 0.15) is 42.6 Å². The number of aryl methyl sites for hydroxylation is 1. The normalized spacial score (nSPS) is 20.8. The molecule has 4 heteroatoms. The summed E-state index contributed by atoms with van der Waals surface area (Å²) in [5.41, 5.74) is 0.277. The number of fused-ring (bicyclic) bond motifs is 3. The molecule has 2 aromatic carbocycles. The Hall–Kier alpha value is -2.49. The molecule has 0 N–H and O–H groups in total. The lowest BCUT2D eigenvalue weighted by molar-refractivity contribution is -0.153. The van der Waals surface area contributed by atoms with Gasteiger partial charge in [0.05, 0.1) is 7.11 Å². The number of carbonyl (C=O) groups is 3. The quantitative estimate of drug-likeness (QED) is 0.629. The molecule has 3 rings (SSSR count). The van der Waals surface area contributed by atoms with Crippen LogP contribution in [0.4, 0.5) is 0 Å². The van der Waals surface area contributed by atoms with Crippen molar-refractivity contribution < 1.29 is 19.1 Å². The third-order valence-electron chi connectivity index (χ3n) is 5.44. The minimum absolute atomic E-state index is 0.0344. The fraction of sp³-hybridized carbons (Fsp3) is 0.381. The Labute approximate surface area is 147 Å². The van der Waals surface area contributed by atoms with Crippen molar-refractivity contribution >= 4 is 28.3 Å². The number of hydrogen-bond donors (Lipinski definition) is 0. The van der Waals surface area contributed by atoms with Gasteiger partial charge in [-0.1, -0.05) is 43.3 Å². The van der Waals surface area contributed by atoms with E-state index in [-0.39, 0.29) is 18.0 Å². The van der Waals surface area contributed by atoms with Crippen molar-refractivity contribution in [1.82, 2.24) is 0 Å². The average Bonchev–Trinajstić information content (AvgIpc) is 2.60. The second-order valence-corrected chi connectivity index (χ2v) is 6.91. The number of carbonyl (C=O) groups excluding carboxylic acids is 3. The second-order valence-electron chi connectivity index (χ2n) is 6.91. The van der Waals surface area contributed by atoms with Crippen molar-refractivity contribution in [3.63, 3.8) is 0 Å². The highest BCUT2D eigenvalue weighted by Gasteiger charge is 2.53. The Morgan fingerprint density at radius 1 is 1.20 bits per heavy atom. The molecule has 1 aliphatic carbocycles. The first-order valence-corrected chi connectivity index (χ1v) is 8.55. The molecule has 2 unspecified atom stereocenters. The molecular formula is C21H22O4. The van der Waals surface area contributed by atoms with Gasteiger partial charge < -0.3 is 9.53 Å². The van der Waals surface area contributed by atoms with Gasteiger partial charge in [-0.15, -0.1) is 0 Å². The van der Waals surface area contributed by atoms with Crippen LogP contribution in [0.25, 0.3) is 10.8 Å². The highest BCUT2D eigenvalue weighted by atomic mass is 16.5. The van der Waals surface area contributed by atoms with Crippen molar-refractivity contribution in [2.45, 2.75) is 33.1 Å². The standard InChI is InChI=1S/C21H22O4/c1-13(12-14(2)22)21(20(24)25-3)11-10-17-16-7-5-4-6-15(16)8-9-18(17)19(21)23/h4-9,13H,10-12H2,1-3H3. The van der Waals surface area contributed by atoms with E-state index in [9.17, 15) is 14.4 Å². The molecule has 0 heterocycles. The van der Waals surface area contributed by atoms with Gasteiger partial charge in [-0.2, -0.15) is 0 Å². The highest BCUT2D eigenvalue weighted by Crippen LogP contribution is 2.45. The fourth-order valence-electron chi connectivity index (χ4n) is 4.15. The number of methoxy groups -OCH3 is 1. The van der Waals surface area contributed by atoms with Crippen LogP contribution in [-0.2, 0) is 20.7 Å². The zero-order chi connectivity index (χ0) is 18.2. The minimum Gasteiger partial charge on any atom is -0.468 e. The SMILES string of the molecule is COC(=O)C1(C(C)CC(C)=O)CCc2c(ccc3ccccc23)C1=O.